The Morgan fingerprint density at radius 2 is 2.32 bits per heavy atom. The van der Waals surface area contributed by atoms with E-state index in [0.29, 0.717) is 29.0 Å². The molecule has 3 rings (SSSR count). The minimum absolute atomic E-state index is 0.394. The third kappa shape index (κ3) is 2.56. The van der Waals surface area contributed by atoms with E-state index in [9.17, 15) is 0 Å². The van der Waals surface area contributed by atoms with Gasteiger partial charge in [-0.3, -0.25) is 0 Å². The van der Waals surface area contributed by atoms with Crippen LogP contribution in [0.25, 0.3) is 0 Å². The number of aromatic nitrogens is 2. The van der Waals surface area contributed by atoms with Gasteiger partial charge in [0.15, 0.2) is 0 Å². The molecule has 1 aromatic carbocycles. The number of nitriles is 1. The first-order chi connectivity index (χ1) is 9.28. The molecule has 96 valence electrons. The summed E-state index contributed by atoms with van der Waals surface area (Å²) in [4.78, 5) is 4.15. The fourth-order valence-corrected chi connectivity index (χ4v) is 2.15. The predicted octanol–water partition coefficient (Wildman–Crippen LogP) is 3.32. The Hall–Kier alpha value is -1.99. The largest absolute Gasteiger partial charge is 0.486 e. The normalized spacial score (nSPS) is 14.1. The molecule has 1 aliphatic rings. The van der Waals surface area contributed by atoms with E-state index in [1.54, 1.807) is 24.4 Å². The van der Waals surface area contributed by atoms with Crippen LogP contribution >= 0.6 is 11.6 Å². The van der Waals surface area contributed by atoms with Gasteiger partial charge in [0.05, 0.1) is 23.8 Å². The van der Waals surface area contributed by atoms with Crippen LogP contribution in [0.3, 0.4) is 0 Å². The molecule has 0 N–H and O–H groups in total. The highest BCUT2D eigenvalue weighted by molar-refractivity contribution is 6.30. The summed E-state index contributed by atoms with van der Waals surface area (Å²) in [7, 11) is 0. The molecule has 0 amide bonds. The van der Waals surface area contributed by atoms with Crippen molar-refractivity contribution >= 4 is 11.6 Å². The van der Waals surface area contributed by atoms with Gasteiger partial charge in [-0.05, 0) is 25.0 Å². The molecule has 0 spiro atoms. The second-order valence-corrected chi connectivity index (χ2v) is 5.00. The number of halogens is 1. The smallest absolute Gasteiger partial charge is 0.139 e. The minimum atomic E-state index is 0.394. The van der Waals surface area contributed by atoms with Gasteiger partial charge in [0, 0.05) is 17.1 Å². The van der Waals surface area contributed by atoms with Crippen molar-refractivity contribution in [1.29, 1.82) is 5.26 Å². The fourth-order valence-electron chi connectivity index (χ4n) is 1.98. The summed E-state index contributed by atoms with van der Waals surface area (Å²) in [6, 6.07) is 7.67. The topological polar surface area (TPSA) is 50.8 Å². The van der Waals surface area contributed by atoms with Crippen molar-refractivity contribution in [3.63, 3.8) is 0 Å². The molecular weight excluding hydrogens is 262 g/mol. The van der Waals surface area contributed by atoms with Crippen molar-refractivity contribution in [2.75, 3.05) is 0 Å². The van der Waals surface area contributed by atoms with Crippen LogP contribution in [0.15, 0.2) is 30.7 Å². The van der Waals surface area contributed by atoms with Crippen LogP contribution in [0, 0.1) is 11.3 Å². The van der Waals surface area contributed by atoms with Gasteiger partial charge in [-0.2, -0.15) is 5.26 Å². The lowest BCUT2D eigenvalue weighted by molar-refractivity contribution is 0.294. The molecule has 0 radical (unpaired) electrons. The van der Waals surface area contributed by atoms with Crippen molar-refractivity contribution < 1.29 is 4.74 Å². The lowest BCUT2D eigenvalue weighted by atomic mass is 10.2. The highest BCUT2D eigenvalue weighted by Gasteiger charge is 2.25. The van der Waals surface area contributed by atoms with Crippen LogP contribution in [0.4, 0.5) is 0 Å². The maximum atomic E-state index is 9.03. The first kappa shape index (κ1) is 12.1. The van der Waals surface area contributed by atoms with E-state index < -0.39 is 0 Å². The molecule has 0 unspecified atom stereocenters. The SMILES string of the molecule is N#Cc1ccc(Cl)cc1OCc1cncn1C1CC1. The number of imidazole rings is 1. The second kappa shape index (κ2) is 4.94. The lowest BCUT2D eigenvalue weighted by Crippen LogP contribution is -2.04. The van der Waals surface area contributed by atoms with Gasteiger partial charge >= 0.3 is 0 Å². The highest BCUT2D eigenvalue weighted by atomic mass is 35.5. The number of rotatable bonds is 4. The molecule has 1 aromatic heterocycles. The molecule has 0 aliphatic heterocycles. The Labute approximate surface area is 116 Å². The van der Waals surface area contributed by atoms with Crippen LogP contribution in [-0.2, 0) is 6.61 Å². The highest BCUT2D eigenvalue weighted by Crippen LogP contribution is 2.35. The van der Waals surface area contributed by atoms with Crippen LogP contribution in [0.2, 0.25) is 5.02 Å². The van der Waals surface area contributed by atoms with E-state index in [1.165, 1.54) is 12.8 Å². The summed E-state index contributed by atoms with van der Waals surface area (Å²) in [5, 5.41) is 9.59. The Morgan fingerprint density at radius 1 is 1.47 bits per heavy atom. The van der Waals surface area contributed by atoms with E-state index in [2.05, 4.69) is 15.6 Å². The van der Waals surface area contributed by atoms with E-state index in [1.807, 2.05) is 6.33 Å². The summed E-state index contributed by atoms with van der Waals surface area (Å²) in [6.07, 6.45) is 6.03. The van der Waals surface area contributed by atoms with Gasteiger partial charge in [0.2, 0.25) is 0 Å². The zero-order chi connectivity index (χ0) is 13.2. The van der Waals surface area contributed by atoms with Crippen LogP contribution in [-0.4, -0.2) is 9.55 Å². The van der Waals surface area contributed by atoms with Crippen molar-refractivity contribution in [3.8, 4) is 11.8 Å². The van der Waals surface area contributed by atoms with E-state index in [0.717, 1.165) is 5.69 Å². The molecule has 2 aromatic rings. The predicted molar refractivity (Wildman–Crippen MR) is 71.0 cm³/mol. The summed E-state index contributed by atoms with van der Waals surface area (Å²) in [5.41, 5.74) is 1.51. The first-order valence-electron chi connectivity index (χ1n) is 6.11. The Bertz CT molecular complexity index is 640. The van der Waals surface area contributed by atoms with Gasteiger partial charge in [0.1, 0.15) is 18.4 Å². The zero-order valence-electron chi connectivity index (χ0n) is 10.2. The van der Waals surface area contributed by atoms with Gasteiger partial charge in [-0.25, -0.2) is 4.98 Å². The average Bonchev–Trinajstić information content (AvgIpc) is 3.15. The zero-order valence-corrected chi connectivity index (χ0v) is 11.0. The maximum absolute atomic E-state index is 9.03. The van der Waals surface area contributed by atoms with Gasteiger partial charge in [0.25, 0.3) is 0 Å². The van der Waals surface area contributed by atoms with Crippen molar-refractivity contribution in [2.24, 2.45) is 0 Å². The fraction of sp³-hybridized carbons (Fsp3) is 0.286. The van der Waals surface area contributed by atoms with Gasteiger partial charge in [-0.15, -0.1) is 0 Å². The quantitative estimate of drug-likeness (QED) is 0.859. The number of hydrogen-bond donors (Lipinski definition) is 0. The molecule has 19 heavy (non-hydrogen) atoms. The monoisotopic (exact) mass is 273 g/mol. The molecule has 0 bridgehead atoms. The molecule has 1 aliphatic carbocycles. The first-order valence-corrected chi connectivity index (χ1v) is 6.49. The number of benzene rings is 1. The van der Waals surface area contributed by atoms with E-state index in [-0.39, 0.29) is 0 Å². The molecule has 0 saturated heterocycles. The average molecular weight is 274 g/mol. The molecule has 1 heterocycles. The van der Waals surface area contributed by atoms with E-state index in [4.69, 9.17) is 21.6 Å². The third-order valence-electron chi connectivity index (χ3n) is 3.13. The van der Waals surface area contributed by atoms with Crippen LogP contribution < -0.4 is 4.74 Å². The molecule has 5 heteroatoms. The van der Waals surface area contributed by atoms with Gasteiger partial charge < -0.3 is 9.30 Å². The third-order valence-corrected chi connectivity index (χ3v) is 3.36. The summed E-state index contributed by atoms with van der Waals surface area (Å²) in [6.45, 7) is 0.394. The molecular formula is C14H12ClN3O. The molecule has 0 atom stereocenters. The molecule has 4 nitrogen and oxygen atoms in total. The van der Waals surface area contributed by atoms with Crippen molar-refractivity contribution in [1.82, 2.24) is 9.55 Å². The van der Waals surface area contributed by atoms with Crippen molar-refractivity contribution in [2.45, 2.75) is 25.5 Å². The number of hydrogen-bond acceptors (Lipinski definition) is 3. The second-order valence-electron chi connectivity index (χ2n) is 4.56. The minimum Gasteiger partial charge on any atom is -0.486 e. The lowest BCUT2D eigenvalue weighted by Gasteiger charge is -2.10. The summed E-state index contributed by atoms with van der Waals surface area (Å²) >= 11 is 5.92. The number of ether oxygens (including phenoxy) is 1. The van der Waals surface area contributed by atoms with Gasteiger partial charge in [-0.1, -0.05) is 11.6 Å². The number of nitrogens with zero attached hydrogens (tertiary/aromatic N) is 3. The Balaban J connectivity index is 1.77. The molecule has 1 fully saturated rings. The van der Waals surface area contributed by atoms with Crippen LogP contribution in [0.1, 0.15) is 30.1 Å². The summed E-state index contributed by atoms with van der Waals surface area (Å²) < 4.78 is 7.84. The Kier molecular flexibility index (Phi) is 3.14. The van der Waals surface area contributed by atoms with Crippen molar-refractivity contribution in [3.05, 3.63) is 47.0 Å². The maximum Gasteiger partial charge on any atom is 0.139 e. The van der Waals surface area contributed by atoms with E-state index >= 15 is 0 Å². The Morgan fingerprint density at radius 3 is 3.05 bits per heavy atom. The van der Waals surface area contributed by atoms with Crippen LogP contribution in [0.5, 0.6) is 5.75 Å². The standard InChI is InChI=1S/C14H12ClN3O/c15-11-2-1-10(6-16)14(5-11)19-8-13-7-17-9-18(13)12-3-4-12/h1-2,5,7,9,12H,3-4,8H2. The molecule has 1 saturated carbocycles. The summed E-state index contributed by atoms with van der Waals surface area (Å²) in [5.74, 6) is 0.513.